The number of nitrogens with zero attached hydrogens (tertiary/aromatic N) is 1. The van der Waals surface area contributed by atoms with Crippen LogP contribution in [0.2, 0.25) is 0 Å². The number of hydrogen-bond acceptors (Lipinski definition) is 9. The molecule has 6 rings (SSSR count). The SMILES string of the molecule is C=C/C=C\CCC1OC2CCC3(C)OC4C(O)CC5(C)OC(CC/C=C(C)/C(C)=C/C=C\c6cccc(N)c6)C(C)CC5OC4CC3OC2CCC1(C)N=O. The maximum absolute atomic E-state index is 12.2. The summed E-state index contributed by atoms with van der Waals surface area (Å²) in [6.45, 7) is 16.5. The molecule has 9 heteroatoms. The zero-order valence-corrected chi connectivity index (χ0v) is 34.0. The second-order valence-corrected chi connectivity index (χ2v) is 17.7. The van der Waals surface area contributed by atoms with Crippen LogP contribution in [0.4, 0.5) is 5.69 Å². The predicted octanol–water partition coefficient (Wildman–Crippen LogP) is 9.35. The summed E-state index contributed by atoms with van der Waals surface area (Å²) >= 11 is 0. The zero-order valence-electron chi connectivity index (χ0n) is 34.0. The third-order valence-corrected chi connectivity index (χ3v) is 13.3. The lowest BCUT2D eigenvalue weighted by molar-refractivity contribution is -0.273. The van der Waals surface area contributed by atoms with Crippen molar-refractivity contribution in [2.75, 3.05) is 5.73 Å². The van der Waals surface area contributed by atoms with Crippen LogP contribution in [-0.4, -0.2) is 76.8 Å². The number of benzene rings is 1. The van der Waals surface area contributed by atoms with Crippen molar-refractivity contribution in [3.8, 4) is 0 Å². The number of aliphatic hydroxyl groups excluding tert-OH is 1. The molecule has 0 aromatic heterocycles. The maximum atomic E-state index is 12.2. The van der Waals surface area contributed by atoms with Crippen molar-refractivity contribution >= 4 is 11.8 Å². The molecule has 0 bridgehead atoms. The van der Waals surface area contributed by atoms with Gasteiger partial charge in [-0.15, -0.1) is 0 Å². The Bertz CT molecular complexity index is 1620. The Kier molecular flexibility index (Phi) is 13.4. The van der Waals surface area contributed by atoms with E-state index in [0.717, 1.165) is 49.8 Å². The summed E-state index contributed by atoms with van der Waals surface area (Å²) in [5, 5.41) is 15.4. The van der Waals surface area contributed by atoms with Crippen LogP contribution >= 0.6 is 0 Å². The topological polar surface area (TPSA) is 122 Å². The molecule has 3 N–H and O–H groups in total. The Morgan fingerprint density at radius 2 is 1.69 bits per heavy atom. The molecule has 5 saturated heterocycles. The van der Waals surface area contributed by atoms with Crippen molar-refractivity contribution in [1.82, 2.24) is 0 Å². The number of ether oxygens (including phenoxy) is 5. The number of nitroso groups, excluding NO2 is 1. The van der Waals surface area contributed by atoms with Crippen molar-refractivity contribution in [1.29, 1.82) is 0 Å². The van der Waals surface area contributed by atoms with E-state index in [2.05, 4.69) is 76.8 Å². The fraction of sp³-hybridized carbons (Fsp3) is 0.652. The number of fused-ring (bicyclic) bond motifs is 4. The average Bonchev–Trinajstić information content (AvgIpc) is 3.42. The van der Waals surface area contributed by atoms with Gasteiger partial charge in [0.15, 0.2) is 0 Å². The van der Waals surface area contributed by atoms with Gasteiger partial charge in [-0.2, -0.15) is 4.91 Å². The molecule has 0 amide bonds. The van der Waals surface area contributed by atoms with Crippen molar-refractivity contribution < 1.29 is 28.8 Å². The van der Waals surface area contributed by atoms with Crippen molar-refractivity contribution in [2.24, 2.45) is 11.1 Å². The number of anilines is 1. The van der Waals surface area contributed by atoms with E-state index in [1.165, 1.54) is 11.1 Å². The van der Waals surface area contributed by atoms with E-state index in [0.29, 0.717) is 38.0 Å². The fourth-order valence-electron chi connectivity index (χ4n) is 9.60. The van der Waals surface area contributed by atoms with Gasteiger partial charge in [0.1, 0.15) is 11.6 Å². The second-order valence-electron chi connectivity index (χ2n) is 17.7. The van der Waals surface area contributed by atoms with Gasteiger partial charge in [-0.05, 0) is 122 Å². The lowest BCUT2D eigenvalue weighted by Gasteiger charge is -2.49. The summed E-state index contributed by atoms with van der Waals surface area (Å²) in [5.74, 6) is 0.298. The van der Waals surface area contributed by atoms with Gasteiger partial charge in [-0.3, -0.25) is 0 Å². The normalized spacial score (nSPS) is 41.3. The summed E-state index contributed by atoms with van der Waals surface area (Å²) in [7, 11) is 0. The van der Waals surface area contributed by atoms with Crippen molar-refractivity contribution in [2.45, 2.75) is 184 Å². The van der Waals surface area contributed by atoms with Crippen LogP contribution in [-0.2, 0) is 23.7 Å². The van der Waals surface area contributed by atoms with Gasteiger partial charge in [0.2, 0.25) is 0 Å². The van der Waals surface area contributed by atoms with Gasteiger partial charge in [0.25, 0.3) is 0 Å². The molecular weight excluding hydrogens is 693 g/mol. The molecular formula is C46H66N2O7. The van der Waals surface area contributed by atoms with Gasteiger partial charge in [-0.25, -0.2) is 0 Å². The first-order valence-electron chi connectivity index (χ1n) is 20.8. The molecule has 13 atom stereocenters. The lowest BCUT2D eigenvalue weighted by atomic mass is 9.79. The third kappa shape index (κ3) is 9.62. The molecule has 302 valence electrons. The first kappa shape index (κ1) is 41.7. The lowest BCUT2D eigenvalue weighted by Crippen LogP contribution is -2.59. The molecule has 0 spiro atoms. The second kappa shape index (κ2) is 17.7. The largest absolute Gasteiger partial charge is 0.399 e. The first-order valence-corrected chi connectivity index (χ1v) is 20.8. The number of aliphatic hydroxyl groups is 1. The highest BCUT2D eigenvalue weighted by Crippen LogP contribution is 2.49. The summed E-state index contributed by atoms with van der Waals surface area (Å²) in [6.07, 6.45) is 19.8. The van der Waals surface area contributed by atoms with E-state index < -0.39 is 28.9 Å². The van der Waals surface area contributed by atoms with Crippen molar-refractivity contribution in [3.05, 3.63) is 88.9 Å². The molecule has 0 saturated carbocycles. The van der Waals surface area contributed by atoms with E-state index in [1.807, 2.05) is 37.3 Å². The highest BCUT2D eigenvalue weighted by molar-refractivity contribution is 5.57. The molecule has 55 heavy (non-hydrogen) atoms. The molecule has 0 aliphatic carbocycles. The fourth-order valence-corrected chi connectivity index (χ4v) is 9.60. The van der Waals surface area contributed by atoms with Gasteiger partial charge >= 0.3 is 0 Å². The molecule has 1 aromatic carbocycles. The molecule has 9 nitrogen and oxygen atoms in total. The number of nitrogen functional groups attached to an aromatic ring is 1. The summed E-state index contributed by atoms with van der Waals surface area (Å²) in [5.41, 5.74) is 8.18. The minimum absolute atomic E-state index is 0.0577. The smallest absolute Gasteiger partial charge is 0.126 e. The Labute approximate surface area is 329 Å². The third-order valence-electron chi connectivity index (χ3n) is 13.3. The van der Waals surface area contributed by atoms with Gasteiger partial charge in [-0.1, -0.05) is 78.9 Å². The summed E-state index contributed by atoms with van der Waals surface area (Å²) in [6, 6.07) is 7.87. The van der Waals surface area contributed by atoms with Crippen LogP contribution in [0.5, 0.6) is 0 Å². The Balaban J connectivity index is 1.08. The monoisotopic (exact) mass is 758 g/mol. The predicted molar refractivity (Wildman–Crippen MR) is 219 cm³/mol. The summed E-state index contributed by atoms with van der Waals surface area (Å²) < 4.78 is 34.5. The molecule has 5 aliphatic heterocycles. The van der Waals surface area contributed by atoms with Crippen LogP contribution in [0.15, 0.2) is 83.6 Å². The van der Waals surface area contributed by atoms with Crippen LogP contribution in [0, 0.1) is 10.8 Å². The zero-order chi connectivity index (χ0) is 39.4. The average molecular weight is 759 g/mol. The number of allylic oxidation sites excluding steroid dienone is 8. The minimum Gasteiger partial charge on any atom is -0.399 e. The molecule has 5 aliphatic rings. The van der Waals surface area contributed by atoms with E-state index in [9.17, 15) is 10.0 Å². The quantitative estimate of drug-likeness (QED) is 0.130. The van der Waals surface area contributed by atoms with Gasteiger partial charge in [0.05, 0.1) is 60.0 Å². The van der Waals surface area contributed by atoms with E-state index in [4.69, 9.17) is 29.4 Å². The molecule has 5 heterocycles. The van der Waals surface area contributed by atoms with Crippen LogP contribution < -0.4 is 5.73 Å². The Hall–Kier alpha value is -2.92. The highest BCUT2D eigenvalue weighted by atomic mass is 16.6. The number of rotatable bonds is 11. The van der Waals surface area contributed by atoms with Crippen molar-refractivity contribution in [3.63, 3.8) is 0 Å². The molecule has 0 radical (unpaired) electrons. The Morgan fingerprint density at radius 3 is 2.45 bits per heavy atom. The van der Waals surface area contributed by atoms with Gasteiger partial charge < -0.3 is 34.5 Å². The van der Waals surface area contributed by atoms with Gasteiger partial charge in [0, 0.05) is 18.5 Å². The number of hydrogen-bond donors (Lipinski definition) is 2. The van der Waals surface area contributed by atoms with E-state index in [-0.39, 0.29) is 42.7 Å². The molecule has 1 aromatic rings. The highest BCUT2D eigenvalue weighted by Gasteiger charge is 2.58. The number of nitrogens with two attached hydrogens (primary N) is 1. The van der Waals surface area contributed by atoms with E-state index >= 15 is 0 Å². The van der Waals surface area contributed by atoms with Crippen LogP contribution in [0.1, 0.15) is 118 Å². The Morgan fingerprint density at radius 1 is 0.945 bits per heavy atom. The van der Waals surface area contributed by atoms with Crippen LogP contribution in [0.25, 0.3) is 6.08 Å². The standard InChI is InChI=1S/C46H66N2O7/c1-8-9-10-11-21-40-44(5,48-50)24-22-37-38(51-40)23-25-45(6)42(52-37)28-39-43(55-45)35(49)29-46(7)41(53-39)26-32(4)36(54-46)20-13-16-31(3)30(2)15-12-17-33-18-14-19-34(47)27-33/h8-10,12,14-19,27,32,35-43,49H,1,11,13,20-26,28-29,47H2,2-7H3/b10-9-,17-12-,30-15+,31-16+. The first-order chi connectivity index (χ1) is 26.3. The van der Waals surface area contributed by atoms with Crippen LogP contribution in [0.3, 0.4) is 0 Å². The van der Waals surface area contributed by atoms with E-state index in [1.54, 1.807) is 6.08 Å². The minimum atomic E-state index is -0.814. The summed E-state index contributed by atoms with van der Waals surface area (Å²) in [4.78, 5) is 12.2. The maximum Gasteiger partial charge on any atom is 0.126 e. The molecule has 5 fully saturated rings. The molecule has 13 unspecified atom stereocenters.